The Kier molecular flexibility index (Phi) is 5.98. The molecule has 4 N–H and O–H groups in total. The third kappa shape index (κ3) is 4.07. The maximum atomic E-state index is 10.4. The summed E-state index contributed by atoms with van der Waals surface area (Å²) in [7, 11) is 0. The number of benzene rings is 1. The van der Waals surface area contributed by atoms with Crippen molar-refractivity contribution in [3.05, 3.63) is 52.8 Å². The van der Waals surface area contributed by atoms with Gasteiger partial charge >= 0.3 is 0 Å². The molecule has 0 spiro atoms. The fraction of sp³-hybridized carbons (Fsp3) is 0.550. The number of hydrogen-bond donors (Lipinski definition) is 4. The van der Waals surface area contributed by atoms with Crippen molar-refractivity contribution in [1.82, 2.24) is 9.78 Å². The molecule has 2 aromatic rings. The van der Waals surface area contributed by atoms with Crippen LogP contribution < -0.4 is 0 Å². The summed E-state index contributed by atoms with van der Waals surface area (Å²) in [5.41, 5.74) is 3.97. The molecule has 5 atom stereocenters. The minimum absolute atomic E-state index is 0.108. The van der Waals surface area contributed by atoms with Crippen LogP contribution in [0.1, 0.15) is 48.5 Å². The second-order valence-electron chi connectivity index (χ2n) is 7.55. The fourth-order valence-corrected chi connectivity index (χ4v) is 3.50. The Morgan fingerprint density at radius 1 is 1.11 bits per heavy atom. The zero-order valence-electron chi connectivity index (χ0n) is 15.9. The highest BCUT2D eigenvalue weighted by Crippen LogP contribution is 2.31. The van der Waals surface area contributed by atoms with Gasteiger partial charge in [-0.1, -0.05) is 43.7 Å². The highest BCUT2D eigenvalue weighted by Gasteiger charge is 2.45. The number of nitrogens with zero attached hydrogens (tertiary/aromatic N) is 2. The van der Waals surface area contributed by atoms with E-state index in [1.165, 1.54) is 5.56 Å². The second kappa shape index (κ2) is 8.08. The molecule has 2 heterocycles. The van der Waals surface area contributed by atoms with Crippen LogP contribution in [-0.4, -0.2) is 61.2 Å². The lowest BCUT2D eigenvalue weighted by atomic mass is 9.98. The smallest absolute Gasteiger partial charge is 0.179 e. The summed E-state index contributed by atoms with van der Waals surface area (Å²) in [6.45, 7) is 5.59. The average Bonchev–Trinajstić information content (AvgIpc) is 3.04. The highest BCUT2D eigenvalue weighted by molar-refractivity contribution is 5.27. The van der Waals surface area contributed by atoms with Crippen LogP contribution in [0.4, 0.5) is 0 Å². The predicted octanol–water partition coefficient (Wildman–Crippen LogP) is 0.878. The van der Waals surface area contributed by atoms with Gasteiger partial charge in [0.1, 0.15) is 24.4 Å². The molecule has 0 radical (unpaired) electrons. The topological polar surface area (TPSA) is 108 Å². The number of ether oxygens (including phenoxy) is 1. The summed E-state index contributed by atoms with van der Waals surface area (Å²) in [6, 6.07) is 10.1. The molecule has 148 valence electrons. The van der Waals surface area contributed by atoms with Crippen LogP contribution in [0.2, 0.25) is 0 Å². The summed E-state index contributed by atoms with van der Waals surface area (Å²) in [4.78, 5) is 0. The van der Waals surface area contributed by atoms with E-state index in [9.17, 15) is 20.4 Å². The molecule has 1 aromatic heterocycles. The van der Waals surface area contributed by atoms with E-state index < -0.39 is 37.3 Å². The van der Waals surface area contributed by atoms with Crippen molar-refractivity contribution in [3.8, 4) is 0 Å². The lowest BCUT2D eigenvalue weighted by molar-refractivity contribution is -0.254. The van der Waals surface area contributed by atoms with Gasteiger partial charge in [-0.15, -0.1) is 0 Å². The Morgan fingerprint density at radius 3 is 2.48 bits per heavy atom. The SMILES string of the molecule is Cc1cccc(Cc2cc(C(C)C)n([C@@H]3O[C@H](CO)[C@@H](O)[C@H](O)[C@H]3O)n2)c1. The quantitative estimate of drug-likeness (QED) is 0.617. The highest BCUT2D eigenvalue weighted by atomic mass is 16.6. The van der Waals surface area contributed by atoms with Gasteiger partial charge in [0, 0.05) is 12.1 Å². The first-order valence-corrected chi connectivity index (χ1v) is 9.26. The first-order chi connectivity index (χ1) is 12.8. The molecule has 27 heavy (non-hydrogen) atoms. The Morgan fingerprint density at radius 2 is 1.85 bits per heavy atom. The normalized spacial score (nSPS) is 28.7. The maximum Gasteiger partial charge on any atom is 0.179 e. The standard InChI is InChI=1S/C20H28N2O5/c1-11(2)15-9-14(8-13-6-4-5-12(3)7-13)21-22(15)20-19(26)18(25)17(24)16(10-23)27-20/h4-7,9,11,16-20,23-26H,8,10H2,1-3H3/t16-,17-,18+,19-,20-/m1/s1. The van der Waals surface area contributed by atoms with Gasteiger partial charge in [0.2, 0.25) is 0 Å². The maximum absolute atomic E-state index is 10.4. The van der Waals surface area contributed by atoms with Crippen LogP contribution in [0.15, 0.2) is 30.3 Å². The largest absolute Gasteiger partial charge is 0.394 e. The molecule has 0 amide bonds. The van der Waals surface area contributed by atoms with Crippen LogP contribution in [0.5, 0.6) is 0 Å². The van der Waals surface area contributed by atoms with Gasteiger partial charge in [0.05, 0.1) is 12.3 Å². The van der Waals surface area contributed by atoms with Gasteiger partial charge in [0.25, 0.3) is 0 Å². The predicted molar refractivity (Wildman–Crippen MR) is 99.3 cm³/mol. The third-order valence-electron chi connectivity index (χ3n) is 4.98. The minimum atomic E-state index is -1.43. The molecular formula is C20H28N2O5. The Balaban J connectivity index is 1.93. The van der Waals surface area contributed by atoms with Gasteiger partial charge in [-0.25, -0.2) is 4.68 Å². The first-order valence-electron chi connectivity index (χ1n) is 9.26. The van der Waals surface area contributed by atoms with E-state index in [1.807, 2.05) is 45.0 Å². The molecule has 3 rings (SSSR count). The van der Waals surface area contributed by atoms with Crippen molar-refractivity contribution in [2.45, 2.75) is 63.8 Å². The minimum Gasteiger partial charge on any atom is -0.394 e. The molecule has 0 bridgehead atoms. The van der Waals surface area contributed by atoms with Crippen molar-refractivity contribution in [2.24, 2.45) is 0 Å². The van der Waals surface area contributed by atoms with Crippen molar-refractivity contribution in [3.63, 3.8) is 0 Å². The van der Waals surface area contributed by atoms with E-state index in [2.05, 4.69) is 11.2 Å². The number of aryl methyl sites for hydroxylation is 1. The molecule has 1 aliphatic rings. The molecule has 1 aromatic carbocycles. The molecule has 0 aliphatic carbocycles. The number of rotatable bonds is 5. The third-order valence-corrected chi connectivity index (χ3v) is 4.98. The van der Waals surface area contributed by atoms with E-state index in [1.54, 1.807) is 4.68 Å². The van der Waals surface area contributed by atoms with Crippen molar-refractivity contribution < 1.29 is 25.2 Å². The molecule has 0 unspecified atom stereocenters. The van der Waals surface area contributed by atoms with E-state index >= 15 is 0 Å². The summed E-state index contributed by atoms with van der Waals surface area (Å²) in [5, 5.41) is 44.6. The summed E-state index contributed by atoms with van der Waals surface area (Å²) in [6.07, 6.45) is -5.48. The Labute approximate surface area is 158 Å². The van der Waals surface area contributed by atoms with Crippen LogP contribution >= 0.6 is 0 Å². The van der Waals surface area contributed by atoms with E-state index in [0.717, 1.165) is 17.0 Å². The molecule has 1 fully saturated rings. The Bertz CT molecular complexity index is 773. The van der Waals surface area contributed by atoms with Crippen molar-refractivity contribution >= 4 is 0 Å². The summed E-state index contributed by atoms with van der Waals surface area (Å²) >= 11 is 0. The molecular weight excluding hydrogens is 348 g/mol. The van der Waals surface area contributed by atoms with Crippen molar-refractivity contribution in [1.29, 1.82) is 0 Å². The number of aliphatic hydroxyl groups is 4. The van der Waals surface area contributed by atoms with Crippen molar-refractivity contribution in [2.75, 3.05) is 6.61 Å². The van der Waals surface area contributed by atoms with E-state index in [4.69, 9.17) is 4.74 Å². The molecule has 1 saturated heterocycles. The van der Waals surface area contributed by atoms with Crippen LogP contribution in [0, 0.1) is 6.92 Å². The van der Waals surface area contributed by atoms with Gasteiger partial charge in [-0.3, -0.25) is 0 Å². The fourth-order valence-electron chi connectivity index (χ4n) is 3.50. The monoisotopic (exact) mass is 376 g/mol. The number of aliphatic hydroxyl groups excluding tert-OH is 4. The molecule has 7 heteroatoms. The van der Waals surface area contributed by atoms with E-state index in [0.29, 0.717) is 6.42 Å². The van der Waals surface area contributed by atoms with Gasteiger partial charge in [-0.2, -0.15) is 5.10 Å². The lowest BCUT2D eigenvalue weighted by Gasteiger charge is -2.40. The van der Waals surface area contributed by atoms with Gasteiger partial charge < -0.3 is 25.2 Å². The van der Waals surface area contributed by atoms with Crippen LogP contribution in [0.25, 0.3) is 0 Å². The average molecular weight is 376 g/mol. The van der Waals surface area contributed by atoms with Crippen LogP contribution in [-0.2, 0) is 11.2 Å². The zero-order chi connectivity index (χ0) is 19.7. The number of aromatic nitrogens is 2. The molecule has 7 nitrogen and oxygen atoms in total. The lowest BCUT2D eigenvalue weighted by Crippen LogP contribution is -2.56. The number of hydrogen-bond acceptors (Lipinski definition) is 6. The first kappa shape index (κ1) is 20.0. The molecule has 1 aliphatic heterocycles. The summed E-state index contributed by atoms with van der Waals surface area (Å²) in [5.74, 6) is 0.108. The second-order valence-corrected chi connectivity index (χ2v) is 7.55. The van der Waals surface area contributed by atoms with Gasteiger partial charge in [-0.05, 0) is 24.5 Å². The Hall–Kier alpha value is -1.77. The molecule has 0 saturated carbocycles. The van der Waals surface area contributed by atoms with Crippen LogP contribution in [0.3, 0.4) is 0 Å². The van der Waals surface area contributed by atoms with Gasteiger partial charge in [0.15, 0.2) is 6.23 Å². The zero-order valence-corrected chi connectivity index (χ0v) is 15.9. The van der Waals surface area contributed by atoms with E-state index in [-0.39, 0.29) is 5.92 Å². The summed E-state index contributed by atoms with van der Waals surface area (Å²) < 4.78 is 7.25.